The fraction of sp³-hybridized carbons (Fsp3) is 0.630. The molecule has 0 aromatic heterocycles. The van der Waals surface area contributed by atoms with E-state index in [1.54, 1.807) is 69.8 Å². The Morgan fingerprint density at radius 1 is 0.900 bits per heavy atom. The van der Waals surface area contributed by atoms with E-state index >= 15 is 0 Å². The summed E-state index contributed by atoms with van der Waals surface area (Å²) in [4.78, 5) is 2.37. The molecule has 30 heavy (non-hydrogen) atoms. The second-order valence-electron chi connectivity index (χ2n) is 10.7. The van der Waals surface area contributed by atoms with Crippen LogP contribution in [0.5, 0.6) is 0 Å². The number of fused-ring (bicyclic) bond motifs is 4. The van der Waals surface area contributed by atoms with Crippen molar-refractivity contribution >= 4 is 13.2 Å². The number of hydrogen-bond acceptors (Lipinski definition) is 1. The van der Waals surface area contributed by atoms with Gasteiger partial charge in [-0.2, -0.15) is 35.9 Å². The first-order chi connectivity index (χ1) is 14.1. The minimum Gasteiger partial charge on any atom is -0.317 e. The molecule has 2 aromatic rings. The third kappa shape index (κ3) is 4.15. The van der Waals surface area contributed by atoms with Crippen molar-refractivity contribution in [1.29, 1.82) is 0 Å². The molecule has 4 bridgehead atoms. The maximum atomic E-state index is 2.56. The molecule has 2 aromatic carbocycles. The maximum Gasteiger partial charge on any atom is 2.00 e. The molecule has 1 nitrogen and oxygen atoms in total. The van der Waals surface area contributed by atoms with Crippen molar-refractivity contribution in [3.8, 4) is 0 Å². The van der Waals surface area contributed by atoms with Gasteiger partial charge in [-0.15, -0.1) is 5.30 Å². The van der Waals surface area contributed by atoms with Gasteiger partial charge in [0.1, 0.15) is 0 Å². The van der Waals surface area contributed by atoms with Crippen LogP contribution < -0.4 is 5.30 Å². The van der Waals surface area contributed by atoms with E-state index in [1.807, 2.05) is 35.6 Å². The number of nitrogens with zero attached hydrogens (tertiary/aromatic N) is 1. The molecule has 0 heterocycles. The second kappa shape index (κ2) is 9.23. The zero-order valence-electron chi connectivity index (χ0n) is 18.8. The van der Waals surface area contributed by atoms with Crippen LogP contribution in [-0.2, 0) is 23.6 Å². The third-order valence-electron chi connectivity index (χ3n) is 8.52. The quantitative estimate of drug-likeness (QED) is 0.273. The van der Waals surface area contributed by atoms with Crippen LogP contribution in [0.1, 0.15) is 69.8 Å². The zero-order valence-corrected chi connectivity index (χ0v) is 20.8. The summed E-state index contributed by atoms with van der Waals surface area (Å²) in [5, 5.41) is 3.30. The molecular weight excluding hydrogens is 425 g/mol. The van der Waals surface area contributed by atoms with E-state index in [9.17, 15) is 0 Å². The molecule has 3 heteroatoms. The summed E-state index contributed by atoms with van der Waals surface area (Å²) in [5.41, 5.74) is 1.67. The van der Waals surface area contributed by atoms with E-state index in [4.69, 9.17) is 0 Å². The Morgan fingerprint density at radius 2 is 1.43 bits per heavy atom. The van der Waals surface area contributed by atoms with Crippen LogP contribution in [0.25, 0.3) is 0 Å². The molecule has 164 valence electrons. The van der Waals surface area contributed by atoms with Gasteiger partial charge in [-0.1, -0.05) is 7.92 Å². The molecule has 4 saturated carbocycles. The van der Waals surface area contributed by atoms with Crippen molar-refractivity contribution in [2.75, 3.05) is 14.1 Å². The smallest absolute Gasteiger partial charge is 0.317 e. The molecule has 0 amide bonds. The summed E-state index contributed by atoms with van der Waals surface area (Å²) in [6.45, 7) is 1.14. The van der Waals surface area contributed by atoms with Crippen LogP contribution in [0.2, 0.25) is 0 Å². The van der Waals surface area contributed by atoms with Gasteiger partial charge in [-0.05, 0) is 107 Å². The summed E-state index contributed by atoms with van der Waals surface area (Å²) >= 11 is 0. The molecule has 0 radical (unpaired) electrons. The van der Waals surface area contributed by atoms with E-state index in [-0.39, 0.29) is 25.0 Å². The Bertz CT molecular complexity index is 728. The predicted octanol–water partition coefficient (Wildman–Crippen LogP) is 6.64. The van der Waals surface area contributed by atoms with E-state index in [2.05, 4.69) is 37.2 Å². The van der Waals surface area contributed by atoms with Crippen LogP contribution in [-0.4, -0.2) is 29.3 Å². The fourth-order valence-electron chi connectivity index (χ4n) is 7.43. The second-order valence-corrected chi connectivity index (χ2v) is 13.8. The fourth-order valence-corrected chi connectivity index (χ4v) is 12.4. The van der Waals surface area contributed by atoms with Crippen molar-refractivity contribution in [1.82, 2.24) is 4.90 Å². The van der Waals surface area contributed by atoms with Crippen LogP contribution in [0.4, 0.5) is 0 Å². The van der Waals surface area contributed by atoms with Gasteiger partial charge in [0.15, 0.2) is 0 Å². The molecule has 0 N–H and O–H groups in total. The van der Waals surface area contributed by atoms with Gasteiger partial charge < -0.3 is 4.90 Å². The van der Waals surface area contributed by atoms with Gasteiger partial charge in [0.2, 0.25) is 0 Å². The molecule has 4 aliphatic rings. The molecule has 0 unspecified atom stereocenters. The molecule has 6 rings (SSSR count). The van der Waals surface area contributed by atoms with Crippen LogP contribution in [0.15, 0.2) is 48.5 Å². The largest absolute Gasteiger partial charge is 2.00 e. The number of hydrogen-bond donors (Lipinski definition) is 0. The Hall–Kier alpha value is -0.391. The molecule has 0 aliphatic heterocycles. The third-order valence-corrected chi connectivity index (χ3v) is 12.6. The Balaban J connectivity index is 0.000000321. The van der Waals surface area contributed by atoms with Crippen LogP contribution >= 0.6 is 7.92 Å². The van der Waals surface area contributed by atoms with Gasteiger partial charge >= 0.3 is 17.1 Å². The molecule has 4 aliphatic carbocycles. The number of rotatable bonds is 5. The van der Waals surface area contributed by atoms with Crippen molar-refractivity contribution in [2.45, 2.75) is 81.1 Å². The molecule has 4 fully saturated rings. The monoisotopic (exact) mass is 463 g/mol. The first-order valence-electron chi connectivity index (χ1n) is 12.0. The molecule has 0 spiro atoms. The summed E-state index contributed by atoms with van der Waals surface area (Å²) in [7, 11) is 4.48. The van der Waals surface area contributed by atoms with E-state index in [0.29, 0.717) is 0 Å². The van der Waals surface area contributed by atoms with Gasteiger partial charge in [0.25, 0.3) is 0 Å². The Morgan fingerprint density at radius 3 is 1.80 bits per heavy atom. The molecule has 0 saturated heterocycles. The summed E-state index contributed by atoms with van der Waals surface area (Å²) < 4.78 is 0. The van der Waals surface area contributed by atoms with Gasteiger partial charge in [-0.3, -0.25) is 0 Å². The zero-order chi connectivity index (χ0) is 19.9. The topological polar surface area (TPSA) is 3.24 Å². The van der Waals surface area contributed by atoms with Crippen LogP contribution in [0.3, 0.4) is 0 Å². The SMILES string of the molecule is CN(C)Cc1cc[cH-]c1P(C12CCC(CC1)C2)C12CCC(CC1)C2.[Fe+2].c1cc[cH-]c1. The van der Waals surface area contributed by atoms with Gasteiger partial charge in [0, 0.05) is 0 Å². The predicted molar refractivity (Wildman–Crippen MR) is 127 cm³/mol. The van der Waals surface area contributed by atoms with Crippen molar-refractivity contribution in [2.24, 2.45) is 11.8 Å². The first kappa shape index (κ1) is 22.8. The Labute approximate surface area is 196 Å². The Kier molecular flexibility index (Phi) is 7.01. The standard InChI is InChI=1S/C22H33NP.C5H5.Fe/c1-23(2)16-19-4-3-5-20(19)24(21-10-6-17(14-21)7-11-21)22-12-8-18(15-22)9-13-22;1-2-4-5-3-1;/h3-5,17-18H,6-16H2,1-2H3;1-5H;/q2*-1;+2. The van der Waals surface area contributed by atoms with E-state index < -0.39 is 0 Å². The maximum absolute atomic E-state index is 2.56. The first-order valence-corrected chi connectivity index (χ1v) is 13.3. The summed E-state index contributed by atoms with van der Waals surface area (Å²) in [6.07, 6.45) is 15.6. The summed E-state index contributed by atoms with van der Waals surface area (Å²) in [5.74, 6) is 2.16. The van der Waals surface area contributed by atoms with E-state index in [1.165, 1.54) is 0 Å². The minimum absolute atomic E-state index is 0. The van der Waals surface area contributed by atoms with Crippen molar-refractivity contribution in [3.05, 3.63) is 54.1 Å². The van der Waals surface area contributed by atoms with Crippen molar-refractivity contribution < 1.29 is 17.1 Å². The van der Waals surface area contributed by atoms with Gasteiger partial charge in [0.05, 0.1) is 0 Å². The normalized spacial score (nSPS) is 34.6. The molecular formula is C27H38FeNP. The average molecular weight is 463 g/mol. The van der Waals surface area contributed by atoms with Crippen molar-refractivity contribution in [3.63, 3.8) is 0 Å². The van der Waals surface area contributed by atoms with Gasteiger partial charge in [-0.25, -0.2) is 18.2 Å². The van der Waals surface area contributed by atoms with Crippen LogP contribution in [0, 0.1) is 11.8 Å². The molecule has 0 atom stereocenters. The van der Waals surface area contributed by atoms with E-state index in [0.717, 1.165) is 28.7 Å². The minimum atomic E-state index is 0. The average Bonchev–Trinajstić information content (AvgIpc) is 3.53. The summed E-state index contributed by atoms with van der Waals surface area (Å²) in [6, 6.07) is 17.4.